The van der Waals surface area contributed by atoms with Crippen LogP contribution in [0.1, 0.15) is 23.4 Å². The molecule has 0 amide bonds. The Bertz CT molecular complexity index is 1420. The van der Waals surface area contributed by atoms with Crippen molar-refractivity contribution in [3.63, 3.8) is 0 Å². The van der Waals surface area contributed by atoms with Crippen molar-refractivity contribution in [3.05, 3.63) is 74.2 Å². The van der Waals surface area contributed by atoms with Crippen LogP contribution in [-0.2, 0) is 20.1 Å². The van der Waals surface area contributed by atoms with Crippen LogP contribution in [0.3, 0.4) is 0 Å². The molecule has 8 heteroatoms. The Morgan fingerprint density at radius 2 is 1.75 bits per heavy atom. The van der Waals surface area contributed by atoms with Gasteiger partial charge in [0, 0.05) is 31.5 Å². The molecule has 32 heavy (non-hydrogen) atoms. The van der Waals surface area contributed by atoms with Gasteiger partial charge in [0.2, 0.25) is 5.78 Å². The molecule has 4 aromatic rings. The van der Waals surface area contributed by atoms with Gasteiger partial charge in [-0.3, -0.25) is 18.3 Å². The number of hydrogen-bond acceptors (Lipinski definition) is 4. The van der Waals surface area contributed by atoms with Crippen LogP contribution in [0.15, 0.2) is 46.0 Å². The average molecular weight is 435 g/mol. The summed E-state index contributed by atoms with van der Waals surface area (Å²) in [6.07, 6.45) is 4.72. The number of fused-ring (bicyclic) bond motifs is 3. The molecule has 0 fully saturated rings. The van der Waals surface area contributed by atoms with E-state index in [9.17, 15) is 9.59 Å². The molecule has 0 aliphatic rings. The van der Waals surface area contributed by atoms with Gasteiger partial charge in [-0.05, 0) is 46.5 Å². The predicted molar refractivity (Wildman–Crippen MR) is 128 cm³/mol. The molecule has 168 valence electrons. The molecule has 4 rings (SSSR count). The zero-order valence-electron chi connectivity index (χ0n) is 19.4. The predicted octanol–water partition coefficient (Wildman–Crippen LogP) is 2.43. The number of benzene rings is 1. The topological polar surface area (TPSA) is 69.5 Å². The van der Waals surface area contributed by atoms with Gasteiger partial charge in [-0.15, -0.1) is 0 Å². The van der Waals surface area contributed by atoms with Gasteiger partial charge >= 0.3 is 5.69 Å². The van der Waals surface area contributed by atoms with Crippen LogP contribution >= 0.6 is 0 Å². The van der Waals surface area contributed by atoms with Crippen molar-refractivity contribution < 1.29 is 0 Å². The first-order chi connectivity index (χ1) is 15.3. The van der Waals surface area contributed by atoms with Gasteiger partial charge in [0.05, 0.1) is 0 Å². The minimum Gasteiger partial charge on any atom is -0.314 e. The summed E-state index contributed by atoms with van der Waals surface area (Å²) in [6, 6.07) is 9.81. The van der Waals surface area contributed by atoms with Crippen LogP contribution in [0.4, 0.5) is 0 Å². The van der Waals surface area contributed by atoms with Crippen molar-refractivity contribution in [2.24, 2.45) is 7.05 Å². The van der Waals surface area contributed by atoms with Crippen molar-refractivity contribution >= 4 is 23.0 Å². The molecule has 1 aromatic carbocycles. The number of aromatic nitrogens is 5. The highest BCUT2D eigenvalue weighted by Crippen LogP contribution is 2.21. The number of allylic oxidation sites excluding steroid dienone is 1. The molecule has 0 spiro atoms. The fourth-order valence-corrected chi connectivity index (χ4v) is 4.15. The highest BCUT2D eigenvalue weighted by molar-refractivity contribution is 5.76. The zero-order chi connectivity index (χ0) is 23.0. The van der Waals surface area contributed by atoms with E-state index >= 15 is 0 Å². The van der Waals surface area contributed by atoms with Gasteiger partial charge < -0.3 is 9.47 Å². The van der Waals surface area contributed by atoms with Crippen molar-refractivity contribution in [1.29, 1.82) is 0 Å². The van der Waals surface area contributed by atoms with Crippen LogP contribution in [0.25, 0.3) is 23.0 Å². The lowest BCUT2D eigenvalue weighted by Gasteiger charge is -2.10. The lowest BCUT2D eigenvalue weighted by Crippen LogP contribution is -2.39. The van der Waals surface area contributed by atoms with Gasteiger partial charge in [0.1, 0.15) is 0 Å². The Morgan fingerprint density at radius 3 is 2.44 bits per heavy atom. The number of nitrogens with zero attached hydrogens (tertiary/aromatic N) is 6. The third-order valence-corrected chi connectivity index (χ3v) is 6.01. The second-order valence-electron chi connectivity index (χ2n) is 8.47. The van der Waals surface area contributed by atoms with Crippen molar-refractivity contribution in [2.75, 3.05) is 20.6 Å². The Morgan fingerprint density at radius 1 is 1.03 bits per heavy atom. The quantitative estimate of drug-likeness (QED) is 0.448. The van der Waals surface area contributed by atoms with E-state index in [2.05, 4.69) is 30.5 Å². The molecule has 0 aliphatic carbocycles. The molecular formula is C24H30N6O2. The van der Waals surface area contributed by atoms with E-state index in [4.69, 9.17) is 4.98 Å². The monoisotopic (exact) mass is 434 g/mol. The van der Waals surface area contributed by atoms with E-state index in [1.165, 1.54) is 9.13 Å². The lowest BCUT2D eigenvalue weighted by molar-refractivity contribution is 0.386. The molecule has 0 bridgehead atoms. The first-order valence-corrected chi connectivity index (χ1v) is 10.8. The average Bonchev–Trinajstić information content (AvgIpc) is 3.27. The van der Waals surface area contributed by atoms with Gasteiger partial charge in [0.25, 0.3) is 5.56 Å². The second kappa shape index (κ2) is 8.63. The summed E-state index contributed by atoms with van der Waals surface area (Å²) in [6.45, 7) is 6.00. The third kappa shape index (κ3) is 3.71. The zero-order valence-corrected chi connectivity index (χ0v) is 19.4. The van der Waals surface area contributed by atoms with E-state index in [1.54, 1.807) is 7.05 Å². The Labute approximate surface area is 186 Å². The SMILES string of the molecule is Cc1c(C)n2c3c(=O)n(C/C=C/c4ccccc4)c(=O)n(C)c3nc2n1CCCN(C)C. The second-order valence-corrected chi connectivity index (χ2v) is 8.47. The molecule has 0 saturated heterocycles. The van der Waals surface area contributed by atoms with Crippen LogP contribution in [-0.4, -0.2) is 48.6 Å². The molecule has 0 saturated carbocycles. The van der Waals surface area contributed by atoms with Gasteiger partial charge in [-0.1, -0.05) is 42.5 Å². The highest BCUT2D eigenvalue weighted by atomic mass is 16.2. The standard InChI is InChI=1S/C24H30N6O2/c1-17-18(2)30-20-21(25-23(30)28(17)16-10-14-26(3)4)27(5)24(32)29(22(20)31)15-9-13-19-11-7-6-8-12-19/h6-9,11-13H,10,14-16H2,1-5H3/b13-9+. The smallest absolute Gasteiger partial charge is 0.314 e. The molecule has 0 unspecified atom stereocenters. The fraction of sp³-hybridized carbons (Fsp3) is 0.375. The fourth-order valence-electron chi connectivity index (χ4n) is 4.15. The summed E-state index contributed by atoms with van der Waals surface area (Å²) >= 11 is 0. The van der Waals surface area contributed by atoms with E-state index in [0.717, 1.165) is 36.5 Å². The number of aryl methyl sites for hydroxylation is 3. The summed E-state index contributed by atoms with van der Waals surface area (Å²) in [5, 5.41) is 0. The van der Waals surface area contributed by atoms with E-state index in [0.29, 0.717) is 16.9 Å². The largest absolute Gasteiger partial charge is 0.332 e. The van der Waals surface area contributed by atoms with E-state index in [1.807, 2.05) is 53.8 Å². The van der Waals surface area contributed by atoms with E-state index < -0.39 is 0 Å². The molecular weight excluding hydrogens is 404 g/mol. The number of imidazole rings is 2. The van der Waals surface area contributed by atoms with Crippen molar-refractivity contribution in [2.45, 2.75) is 33.4 Å². The first kappa shape index (κ1) is 21.8. The highest BCUT2D eigenvalue weighted by Gasteiger charge is 2.22. The third-order valence-electron chi connectivity index (χ3n) is 6.01. The minimum absolute atomic E-state index is 0.200. The molecule has 8 nitrogen and oxygen atoms in total. The summed E-state index contributed by atoms with van der Waals surface area (Å²) in [5.41, 5.74) is 3.25. The summed E-state index contributed by atoms with van der Waals surface area (Å²) in [4.78, 5) is 33.3. The molecule has 3 aromatic heterocycles. The summed E-state index contributed by atoms with van der Waals surface area (Å²) in [7, 11) is 5.78. The first-order valence-electron chi connectivity index (χ1n) is 10.8. The Kier molecular flexibility index (Phi) is 5.88. The lowest BCUT2D eigenvalue weighted by atomic mass is 10.2. The van der Waals surface area contributed by atoms with Gasteiger partial charge in [0.15, 0.2) is 11.2 Å². The number of hydrogen-bond donors (Lipinski definition) is 0. The number of rotatable bonds is 7. The maximum Gasteiger partial charge on any atom is 0.332 e. The van der Waals surface area contributed by atoms with Gasteiger partial charge in [-0.25, -0.2) is 4.79 Å². The molecule has 0 radical (unpaired) electrons. The molecule has 3 heterocycles. The van der Waals surface area contributed by atoms with Crippen molar-refractivity contribution in [1.82, 2.24) is 28.0 Å². The Balaban J connectivity index is 1.83. The molecule has 0 N–H and O–H groups in total. The summed E-state index contributed by atoms with van der Waals surface area (Å²) in [5.74, 6) is 0.707. The van der Waals surface area contributed by atoms with Crippen LogP contribution in [0.2, 0.25) is 0 Å². The molecule has 0 aliphatic heterocycles. The van der Waals surface area contributed by atoms with Crippen LogP contribution in [0.5, 0.6) is 0 Å². The van der Waals surface area contributed by atoms with E-state index in [-0.39, 0.29) is 17.8 Å². The Hall–Kier alpha value is -3.39. The summed E-state index contributed by atoms with van der Waals surface area (Å²) < 4.78 is 6.79. The van der Waals surface area contributed by atoms with Crippen LogP contribution in [0, 0.1) is 13.8 Å². The van der Waals surface area contributed by atoms with Gasteiger partial charge in [-0.2, -0.15) is 4.98 Å². The normalized spacial score (nSPS) is 12.2. The minimum atomic E-state index is -0.366. The maximum atomic E-state index is 13.4. The maximum absolute atomic E-state index is 13.4. The van der Waals surface area contributed by atoms with Crippen LogP contribution < -0.4 is 11.2 Å². The van der Waals surface area contributed by atoms with Crippen molar-refractivity contribution in [3.8, 4) is 0 Å². The molecule has 0 atom stereocenters.